The highest BCUT2D eigenvalue weighted by atomic mass is 15.2. The maximum Gasteiger partial charge on any atom is 0.131 e. The highest BCUT2D eigenvalue weighted by Crippen LogP contribution is 2.30. The van der Waals surface area contributed by atoms with Gasteiger partial charge in [-0.05, 0) is 43.2 Å². The molecule has 3 nitrogen and oxygen atoms in total. The Balaban J connectivity index is 2.14. The second-order valence-corrected chi connectivity index (χ2v) is 6.40. The second kappa shape index (κ2) is 7.07. The number of rotatable bonds is 5. The summed E-state index contributed by atoms with van der Waals surface area (Å²) in [7, 11) is 2.20. The summed E-state index contributed by atoms with van der Waals surface area (Å²) in [6.45, 7) is 4.51. The molecule has 1 heterocycles. The van der Waals surface area contributed by atoms with E-state index in [1.807, 2.05) is 12.3 Å². The van der Waals surface area contributed by atoms with Crippen LogP contribution in [0.5, 0.6) is 0 Å². The van der Waals surface area contributed by atoms with Crippen molar-refractivity contribution in [1.29, 1.82) is 0 Å². The monoisotopic (exact) mass is 275 g/mol. The third kappa shape index (κ3) is 3.72. The van der Waals surface area contributed by atoms with Crippen LogP contribution in [0.15, 0.2) is 18.3 Å². The summed E-state index contributed by atoms with van der Waals surface area (Å²) >= 11 is 0. The van der Waals surface area contributed by atoms with Gasteiger partial charge in [-0.1, -0.05) is 32.8 Å². The Bertz CT molecular complexity index is 418. The topological polar surface area (TPSA) is 42.1 Å². The van der Waals surface area contributed by atoms with Crippen LogP contribution in [0.2, 0.25) is 0 Å². The van der Waals surface area contributed by atoms with Gasteiger partial charge in [-0.25, -0.2) is 4.98 Å². The molecule has 3 unspecified atom stereocenters. The maximum atomic E-state index is 6.13. The lowest BCUT2D eigenvalue weighted by molar-refractivity contribution is 0.335. The average Bonchev–Trinajstić information content (AvgIpc) is 2.47. The van der Waals surface area contributed by atoms with Crippen molar-refractivity contribution in [3.05, 3.63) is 23.9 Å². The van der Waals surface area contributed by atoms with Crippen LogP contribution in [0, 0.1) is 5.92 Å². The van der Waals surface area contributed by atoms with E-state index in [0.717, 1.165) is 24.6 Å². The summed E-state index contributed by atoms with van der Waals surface area (Å²) in [5.41, 5.74) is 7.42. The SMILES string of the molecule is CCC(N)Cc1cccnc1N(C)C1CCCC(C)C1. The lowest BCUT2D eigenvalue weighted by Crippen LogP contribution is -2.37. The van der Waals surface area contributed by atoms with Gasteiger partial charge in [0, 0.05) is 25.3 Å². The van der Waals surface area contributed by atoms with Crippen molar-refractivity contribution < 1.29 is 0 Å². The highest BCUT2D eigenvalue weighted by Gasteiger charge is 2.24. The Morgan fingerprint density at radius 2 is 2.25 bits per heavy atom. The molecule has 1 aliphatic rings. The van der Waals surface area contributed by atoms with Crippen molar-refractivity contribution in [2.45, 2.75) is 64.5 Å². The number of pyridine rings is 1. The third-order valence-corrected chi connectivity index (χ3v) is 4.66. The minimum Gasteiger partial charge on any atom is -0.356 e. The molecule has 2 rings (SSSR count). The van der Waals surface area contributed by atoms with Gasteiger partial charge in [-0.2, -0.15) is 0 Å². The maximum absolute atomic E-state index is 6.13. The van der Waals surface area contributed by atoms with Crippen LogP contribution in [0.3, 0.4) is 0 Å². The first-order valence-electron chi connectivity index (χ1n) is 8.04. The summed E-state index contributed by atoms with van der Waals surface area (Å²) in [6.07, 6.45) is 9.12. The Kier molecular flexibility index (Phi) is 5.41. The number of anilines is 1. The van der Waals surface area contributed by atoms with Crippen molar-refractivity contribution >= 4 is 5.82 Å². The van der Waals surface area contributed by atoms with Crippen LogP contribution in [-0.4, -0.2) is 24.1 Å². The van der Waals surface area contributed by atoms with E-state index in [2.05, 4.69) is 36.8 Å². The van der Waals surface area contributed by atoms with Crippen molar-refractivity contribution in [1.82, 2.24) is 4.98 Å². The van der Waals surface area contributed by atoms with Crippen LogP contribution in [-0.2, 0) is 6.42 Å². The van der Waals surface area contributed by atoms with Gasteiger partial charge >= 0.3 is 0 Å². The summed E-state index contributed by atoms with van der Waals surface area (Å²) < 4.78 is 0. The van der Waals surface area contributed by atoms with Gasteiger partial charge in [0.1, 0.15) is 5.82 Å². The van der Waals surface area contributed by atoms with Crippen molar-refractivity contribution in [3.63, 3.8) is 0 Å². The Morgan fingerprint density at radius 3 is 2.95 bits per heavy atom. The molecule has 0 amide bonds. The van der Waals surface area contributed by atoms with E-state index in [9.17, 15) is 0 Å². The first-order chi connectivity index (χ1) is 9.61. The molecule has 20 heavy (non-hydrogen) atoms. The predicted octanol–water partition coefficient (Wildman–Crippen LogP) is 3.38. The largest absolute Gasteiger partial charge is 0.356 e. The van der Waals surface area contributed by atoms with Crippen LogP contribution in [0.4, 0.5) is 5.82 Å². The Hall–Kier alpha value is -1.09. The van der Waals surface area contributed by atoms with E-state index in [4.69, 9.17) is 5.73 Å². The van der Waals surface area contributed by atoms with Gasteiger partial charge in [0.15, 0.2) is 0 Å². The zero-order chi connectivity index (χ0) is 14.5. The van der Waals surface area contributed by atoms with E-state index < -0.39 is 0 Å². The molecule has 1 fully saturated rings. The molecule has 1 aliphatic carbocycles. The molecule has 0 aliphatic heterocycles. The van der Waals surface area contributed by atoms with Crippen LogP contribution < -0.4 is 10.6 Å². The van der Waals surface area contributed by atoms with E-state index >= 15 is 0 Å². The molecule has 0 aromatic carbocycles. The summed E-state index contributed by atoms with van der Waals surface area (Å²) in [6, 6.07) is 5.07. The summed E-state index contributed by atoms with van der Waals surface area (Å²) in [5, 5.41) is 0. The van der Waals surface area contributed by atoms with E-state index in [0.29, 0.717) is 6.04 Å². The van der Waals surface area contributed by atoms with Crippen LogP contribution >= 0.6 is 0 Å². The number of hydrogen-bond donors (Lipinski definition) is 1. The first-order valence-corrected chi connectivity index (χ1v) is 8.04. The van der Waals surface area contributed by atoms with E-state index in [-0.39, 0.29) is 6.04 Å². The van der Waals surface area contributed by atoms with Gasteiger partial charge in [-0.3, -0.25) is 0 Å². The molecule has 0 radical (unpaired) electrons. The Morgan fingerprint density at radius 1 is 1.45 bits per heavy atom. The van der Waals surface area contributed by atoms with Gasteiger partial charge < -0.3 is 10.6 Å². The molecule has 0 saturated heterocycles. The van der Waals surface area contributed by atoms with Gasteiger partial charge in [0.05, 0.1) is 0 Å². The lowest BCUT2D eigenvalue weighted by Gasteiger charge is -2.36. The number of aromatic nitrogens is 1. The molecule has 2 N–H and O–H groups in total. The van der Waals surface area contributed by atoms with Crippen molar-refractivity contribution in [2.24, 2.45) is 11.7 Å². The van der Waals surface area contributed by atoms with Gasteiger partial charge in [0.2, 0.25) is 0 Å². The van der Waals surface area contributed by atoms with Gasteiger partial charge in [-0.15, -0.1) is 0 Å². The molecule has 112 valence electrons. The van der Waals surface area contributed by atoms with Crippen LogP contribution in [0.1, 0.15) is 51.5 Å². The highest BCUT2D eigenvalue weighted by molar-refractivity contribution is 5.47. The zero-order valence-corrected chi connectivity index (χ0v) is 13.2. The zero-order valence-electron chi connectivity index (χ0n) is 13.2. The molecular formula is C17H29N3. The fraction of sp³-hybridized carbons (Fsp3) is 0.706. The molecular weight excluding hydrogens is 246 g/mol. The molecule has 1 aromatic heterocycles. The smallest absolute Gasteiger partial charge is 0.131 e. The minimum atomic E-state index is 0.233. The van der Waals surface area contributed by atoms with Crippen molar-refractivity contribution in [3.8, 4) is 0 Å². The third-order valence-electron chi connectivity index (χ3n) is 4.66. The molecule has 1 aromatic rings. The van der Waals surface area contributed by atoms with Gasteiger partial charge in [0.25, 0.3) is 0 Å². The number of hydrogen-bond acceptors (Lipinski definition) is 3. The van der Waals surface area contributed by atoms with E-state index in [1.165, 1.54) is 31.2 Å². The lowest BCUT2D eigenvalue weighted by atomic mass is 9.86. The van der Waals surface area contributed by atoms with Crippen LogP contribution in [0.25, 0.3) is 0 Å². The Labute approximate surface area is 123 Å². The van der Waals surface area contributed by atoms with E-state index in [1.54, 1.807) is 0 Å². The molecule has 0 bridgehead atoms. The number of nitrogens with two attached hydrogens (primary N) is 1. The summed E-state index contributed by atoms with van der Waals surface area (Å²) in [4.78, 5) is 7.03. The molecule has 1 saturated carbocycles. The minimum absolute atomic E-state index is 0.233. The number of nitrogens with zero attached hydrogens (tertiary/aromatic N) is 2. The van der Waals surface area contributed by atoms with Crippen molar-refractivity contribution in [2.75, 3.05) is 11.9 Å². The summed E-state index contributed by atoms with van der Waals surface area (Å²) in [5.74, 6) is 1.97. The second-order valence-electron chi connectivity index (χ2n) is 6.40. The molecule has 0 spiro atoms. The average molecular weight is 275 g/mol. The molecule has 3 heteroatoms. The standard InChI is InChI=1S/C17H29N3/c1-4-15(18)12-14-8-6-10-19-17(14)20(3)16-9-5-7-13(2)11-16/h6,8,10,13,15-16H,4-5,7,9,11-12,18H2,1-3H3. The molecule has 3 atom stereocenters. The first kappa shape index (κ1) is 15.3. The quantitative estimate of drug-likeness (QED) is 0.896. The predicted molar refractivity (Wildman–Crippen MR) is 86.0 cm³/mol. The normalized spacial score (nSPS) is 24.4. The fourth-order valence-electron chi connectivity index (χ4n) is 3.26. The fourth-order valence-corrected chi connectivity index (χ4v) is 3.26.